The number of anilines is 1. The van der Waals surface area contributed by atoms with Crippen LogP contribution < -0.4 is 14.8 Å². The van der Waals surface area contributed by atoms with Crippen molar-refractivity contribution in [2.75, 3.05) is 26.1 Å². The highest BCUT2D eigenvalue weighted by Gasteiger charge is 2.34. The number of carbonyl (C=O) groups is 2. The fourth-order valence-electron chi connectivity index (χ4n) is 4.24. The van der Waals surface area contributed by atoms with Crippen LogP contribution in [0, 0.1) is 6.92 Å². The number of methoxy groups -OCH3 is 2. The van der Waals surface area contributed by atoms with Crippen molar-refractivity contribution in [1.82, 2.24) is 14.5 Å². The first-order valence-corrected chi connectivity index (χ1v) is 12.5. The molecule has 0 radical (unpaired) electrons. The maximum absolute atomic E-state index is 13.3. The first kappa shape index (κ1) is 25.1. The van der Waals surface area contributed by atoms with Gasteiger partial charge in [-0.2, -0.15) is 0 Å². The molecule has 8 heteroatoms. The molecule has 5 rings (SSSR count). The molecule has 0 aliphatic heterocycles. The van der Waals surface area contributed by atoms with E-state index in [1.165, 1.54) is 0 Å². The molecular weight excluding hydrogens is 480 g/mol. The number of nitrogens with one attached hydrogen (secondary N) is 1. The van der Waals surface area contributed by atoms with E-state index >= 15 is 0 Å². The van der Waals surface area contributed by atoms with Crippen LogP contribution in [0.3, 0.4) is 0 Å². The third-order valence-electron chi connectivity index (χ3n) is 6.55. The average molecular weight is 511 g/mol. The summed E-state index contributed by atoms with van der Waals surface area (Å²) >= 11 is 0. The van der Waals surface area contributed by atoms with Gasteiger partial charge in [-0.25, -0.2) is 4.98 Å². The smallest absolute Gasteiger partial charge is 0.254 e. The SMILES string of the molecule is COc1ccc(-c2cn(-c3ccc(OC)cc3)c(NC(=O)CN(C(=O)c3ccc(C)cc3)C3CC3)n2)cc1. The zero-order valence-electron chi connectivity index (χ0n) is 21.7. The molecule has 8 nitrogen and oxygen atoms in total. The summed E-state index contributed by atoms with van der Waals surface area (Å²) in [6, 6.07) is 22.6. The monoisotopic (exact) mass is 510 g/mol. The van der Waals surface area contributed by atoms with E-state index in [1.54, 1.807) is 19.1 Å². The summed E-state index contributed by atoms with van der Waals surface area (Å²) in [6.45, 7) is 1.93. The number of aryl methyl sites for hydroxylation is 1. The summed E-state index contributed by atoms with van der Waals surface area (Å²) in [5.74, 6) is 1.39. The van der Waals surface area contributed by atoms with E-state index in [0.29, 0.717) is 17.2 Å². The molecule has 0 atom stereocenters. The maximum Gasteiger partial charge on any atom is 0.254 e. The number of aromatic nitrogens is 2. The number of rotatable bonds is 9. The Kier molecular flexibility index (Phi) is 7.13. The Labute approximate surface area is 221 Å². The standard InChI is InChI=1S/C30H30N4O4/c1-20-4-6-22(7-5-20)29(36)33(23-10-11-23)19-28(35)32-30-31-27(21-8-14-25(37-2)15-9-21)18-34(30)24-12-16-26(38-3)17-13-24/h4-9,12-18,23H,10-11,19H2,1-3H3,(H,31,32,35). The number of nitrogens with zero attached hydrogens (tertiary/aromatic N) is 3. The van der Waals surface area contributed by atoms with Gasteiger partial charge in [0.2, 0.25) is 11.9 Å². The van der Waals surface area contributed by atoms with Crippen LogP contribution in [0.2, 0.25) is 0 Å². The molecule has 0 spiro atoms. The Bertz CT molecular complexity index is 1420. The van der Waals surface area contributed by atoms with Gasteiger partial charge in [-0.15, -0.1) is 0 Å². The molecule has 2 amide bonds. The molecule has 0 bridgehead atoms. The first-order chi connectivity index (χ1) is 18.4. The van der Waals surface area contributed by atoms with Gasteiger partial charge in [0.25, 0.3) is 5.91 Å². The quantitative estimate of drug-likeness (QED) is 0.338. The van der Waals surface area contributed by atoms with Crippen LogP contribution in [0.15, 0.2) is 79.0 Å². The van der Waals surface area contributed by atoms with Gasteiger partial charge in [0, 0.05) is 29.1 Å². The lowest BCUT2D eigenvalue weighted by Gasteiger charge is -2.22. The van der Waals surface area contributed by atoms with Gasteiger partial charge in [0.05, 0.1) is 19.9 Å². The van der Waals surface area contributed by atoms with Crippen molar-refractivity contribution < 1.29 is 19.1 Å². The lowest BCUT2D eigenvalue weighted by atomic mass is 10.1. The molecular formula is C30H30N4O4. The van der Waals surface area contributed by atoms with E-state index in [0.717, 1.165) is 41.2 Å². The Morgan fingerprint density at radius 2 is 1.53 bits per heavy atom. The summed E-state index contributed by atoms with van der Waals surface area (Å²) in [4.78, 5) is 32.9. The number of amides is 2. The number of ether oxygens (including phenoxy) is 2. The number of hydrogen-bond donors (Lipinski definition) is 1. The summed E-state index contributed by atoms with van der Waals surface area (Å²) in [5.41, 5.74) is 4.03. The number of benzene rings is 3. The van der Waals surface area contributed by atoms with Gasteiger partial charge in [0.15, 0.2) is 0 Å². The Morgan fingerprint density at radius 1 is 0.921 bits per heavy atom. The zero-order valence-corrected chi connectivity index (χ0v) is 21.7. The van der Waals surface area contributed by atoms with Crippen LogP contribution in [0.5, 0.6) is 11.5 Å². The molecule has 1 fully saturated rings. The van der Waals surface area contributed by atoms with E-state index in [9.17, 15) is 9.59 Å². The normalized spacial score (nSPS) is 12.6. The minimum absolute atomic E-state index is 0.0509. The predicted molar refractivity (Wildman–Crippen MR) is 146 cm³/mol. The predicted octanol–water partition coefficient (Wildman–Crippen LogP) is 5.11. The van der Waals surface area contributed by atoms with Crippen molar-refractivity contribution in [3.8, 4) is 28.4 Å². The summed E-state index contributed by atoms with van der Waals surface area (Å²) in [6.07, 6.45) is 3.66. The van der Waals surface area contributed by atoms with Crippen molar-refractivity contribution in [2.24, 2.45) is 0 Å². The number of imidazole rings is 1. The second-order valence-corrected chi connectivity index (χ2v) is 9.32. The molecule has 38 heavy (non-hydrogen) atoms. The molecule has 1 aromatic heterocycles. The molecule has 3 aromatic carbocycles. The highest BCUT2D eigenvalue weighted by Crippen LogP contribution is 2.29. The minimum atomic E-state index is -0.306. The topological polar surface area (TPSA) is 85.7 Å². The molecule has 1 N–H and O–H groups in total. The number of hydrogen-bond acceptors (Lipinski definition) is 5. The molecule has 1 aliphatic carbocycles. The number of carbonyl (C=O) groups excluding carboxylic acids is 2. The van der Waals surface area contributed by atoms with Crippen LogP contribution in [0.4, 0.5) is 5.95 Å². The van der Waals surface area contributed by atoms with Crippen LogP contribution in [-0.2, 0) is 4.79 Å². The van der Waals surface area contributed by atoms with Gasteiger partial charge >= 0.3 is 0 Å². The zero-order chi connectivity index (χ0) is 26.6. The summed E-state index contributed by atoms with van der Waals surface area (Å²) < 4.78 is 12.4. The van der Waals surface area contributed by atoms with Crippen molar-refractivity contribution in [3.63, 3.8) is 0 Å². The molecule has 1 aliphatic rings. The lowest BCUT2D eigenvalue weighted by Crippen LogP contribution is -2.39. The highest BCUT2D eigenvalue weighted by molar-refractivity contribution is 5.99. The fourth-order valence-corrected chi connectivity index (χ4v) is 4.24. The van der Waals surface area contributed by atoms with Crippen molar-refractivity contribution in [1.29, 1.82) is 0 Å². The second kappa shape index (κ2) is 10.8. The maximum atomic E-state index is 13.3. The minimum Gasteiger partial charge on any atom is -0.497 e. The fraction of sp³-hybridized carbons (Fsp3) is 0.233. The van der Waals surface area contributed by atoms with E-state index in [-0.39, 0.29) is 24.4 Å². The Hall–Kier alpha value is -4.59. The van der Waals surface area contributed by atoms with Gasteiger partial charge < -0.3 is 14.4 Å². The van der Waals surface area contributed by atoms with E-state index in [2.05, 4.69) is 5.32 Å². The van der Waals surface area contributed by atoms with Crippen molar-refractivity contribution >= 4 is 17.8 Å². The molecule has 0 unspecified atom stereocenters. The van der Waals surface area contributed by atoms with Gasteiger partial charge in [-0.3, -0.25) is 19.5 Å². The molecule has 4 aromatic rings. The van der Waals surface area contributed by atoms with Crippen LogP contribution in [-0.4, -0.2) is 53.1 Å². The summed E-state index contributed by atoms with van der Waals surface area (Å²) in [5, 5.41) is 2.94. The highest BCUT2D eigenvalue weighted by atomic mass is 16.5. The molecule has 1 saturated carbocycles. The largest absolute Gasteiger partial charge is 0.497 e. The molecule has 1 heterocycles. The van der Waals surface area contributed by atoms with Crippen LogP contribution in [0.1, 0.15) is 28.8 Å². The van der Waals surface area contributed by atoms with E-state index < -0.39 is 0 Å². The second-order valence-electron chi connectivity index (χ2n) is 9.32. The van der Waals surface area contributed by atoms with E-state index in [4.69, 9.17) is 14.5 Å². The van der Waals surface area contributed by atoms with E-state index in [1.807, 2.05) is 90.5 Å². The van der Waals surface area contributed by atoms with Gasteiger partial charge in [0.1, 0.15) is 18.0 Å². The van der Waals surface area contributed by atoms with Crippen molar-refractivity contribution in [2.45, 2.75) is 25.8 Å². The van der Waals surface area contributed by atoms with Crippen LogP contribution in [0.25, 0.3) is 16.9 Å². The van der Waals surface area contributed by atoms with Gasteiger partial charge in [-0.1, -0.05) is 17.7 Å². The average Bonchev–Trinajstić information content (AvgIpc) is 3.71. The molecule has 0 saturated heterocycles. The third kappa shape index (κ3) is 5.54. The Morgan fingerprint density at radius 3 is 2.11 bits per heavy atom. The lowest BCUT2D eigenvalue weighted by molar-refractivity contribution is -0.117. The molecule has 194 valence electrons. The first-order valence-electron chi connectivity index (χ1n) is 12.5. The Balaban J connectivity index is 1.41. The van der Waals surface area contributed by atoms with Crippen molar-refractivity contribution in [3.05, 3.63) is 90.1 Å². The third-order valence-corrected chi connectivity index (χ3v) is 6.55. The van der Waals surface area contributed by atoms with Crippen LogP contribution >= 0.6 is 0 Å². The summed E-state index contributed by atoms with van der Waals surface area (Å²) in [7, 11) is 3.23. The van der Waals surface area contributed by atoms with Gasteiger partial charge in [-0.05, 0) is 80.4 Å².